The molecule has 4 rings (SSSR count). The molecule has 1 aliphatic heterocycles. The number of ether oxygens (including phenoxy) is 2. The summed E-state index contributed by atoms with van der Waals surface area (Å²) in [5.74, 6) is 1.24. The van der Waals surface area contributed by atoms with Crippen molar-refractivity contribution >= 4 is 27.1 Å². The molecule has 0 unspecified atom stereocenters. The molecule has 1 atom stereocenters. The molecule has 0 aromatic heterocycles. The Bertz CT molecular complexity index is 1200. The number of benzene rings is 3. The van der Waals surface area contributed by atoms with E-state index in [1.54, 1.807) is 42.5 Å². The van der Waals surface area contributed by atoms with Crippen molar-refractivity contribution in [3.8, 4) is 11.5 Å². The van der Waals surface area contributed by atoms with E-state index in [1.807, 2.05) is 12.1 Å². The normalized spacial score (nSPS) is 15.2. The molecule has 0 saturated carbocycles. The molecule has 1 aliphatic rings. The Balaban J connectivity index is 1.50. The van der Waals surface area contributed by atoms with Crippen LogP contribution >= 0.6 is 0 Å². The minimum absolute atomic E-state index is 0.186. The van der Waals surface area contributed by atoms with Gasteiger partial charge in [-0.05, 0) is 36.4 Å². The van der Waals surface area contributed by atoms with Crippen molar-refractivity contribution in [3.05, 3.63) is 82.9 Å². The van der Waals surface area contributed by atoms with Gasteiger partial charge in [0.25, 0.3) is 15.7 Å². The number of nitrogens with one attached hydrogen (secondary N) is 2. The zero-order valence-electron chi connectivity index (χ0n) is 16.2. The Labute approximate surface area is 178 Å². The van der Waals surface area contributed by atoms with E-state index in [2.05, 4.69) is 10.0 Å². The lowest BCUT2D eigenvalue weighted by atomic mass is 10.2. The molecule has 3 aromatic rings. The molecule has 0 bridgehead atoms. The lowest BCUT2D eigenvalue weighted by Gasteiger charge is -2.26. The maximum absolute atomic E-state index is 12.6. The van der Waals surface area contributed by atoms with E-state index in [4.69, 9.17) is 9.47 Å². The number of anilines is 2. The van der Waals surface area contributed by atoms with Gasteiger partial charge in [0.05, 0.1) is 16.4 Å². The molecule has 0 spiro atoms. The second kappa shape index (κ2) is 8.52. The predicted molar refractivity (Wildman–Crippen MR) is 115 cm³/mol. The van der Waals surface area contributed by atoms with Gasteiger partial charge in [0.2, 0.25) is 0 Å². The molecule has 0 saturated heterocycles. The Hall–Kier alpha value is -3.79. The number of hydrogen-bond donors (Lipinski definition) is 2. The average molecular weight is 441 g/mol. The third-order valence-electron chi connectivity index (χ3n) is 4.59. The van der Waals surface area contributed by atoms with Crippen LogP contribution in [-0.2, 0) is 10.0 Å². The molecule has 0 fully saturated rings. The lowest BCUT2D eigenvalue weighted by Crippen LogP contribution is -2.35. The Morgan fingerprint density at radius 2 is 1.71 bits per heavy atom. The van der Waals surface area contributed by atoms with Gasteiger partial charge < -0.3 is 14.8 Å². The largest absolute Gasteiger partial charge is 0.486 e. The molecule has 2 N–H and O–H groups in total. The van der Waals surface area contributed by atoms with Crippen LogP contribution in [0.3, 0.4) is 0 Å². The van der Waals surface area contributed by atoms with Crippen molar-refractivity contribution < 1.29 is 22.8 Å². The summed E-state index contributed by atoms with van der Waals surface area (Å²) in [5, 5.41) is 14.5. The summed E-state index contributed by atoms with van der Waals surface area (Å²) in [6, 6.07) is 19.3. The van der Waals surface area contributed by atoms with E-state index in [-0.39, 0.29) is 35.5 Å². The molecular weight excluding hydrogens is 422 g/mol. The number of nitro benzene ring substituents is 1. The van der Waals surface area contributed by atoms with E-state index >= 15 is 0 Å². The maximum Gasteiger partial charge on any atom is 0.293 e. The Morgan fingerprint density at radius 1 is 1.00 bits per heavy atom. The Kier molecular flexibility index (Phi) is 5.63. The van der Waals surface area contributed by atoms with Crippen LogP contribution in [0.1, 0.15) is 0 Å². The summed E-state index contributed by atoms with van der Waals surface area (Å²) in [7, 11) is -3.98. The Morgan fingerprint density at radius 3 is 2.45 bits per heavy atom. The summed E-state index contributed by atoms with van der Waals surface area (Å²) in [5.41, 5.74) is 0.196. The summed E-state index contributed by atoms with van der Waals surface area (Å²) >= 11 is 0. The first-order valence-electron chi connectivity index (χ1n) is 9.41. The molecule has 0 radical (unpaired) electrons. The number of nitro groups is 1. The highest BCUT2D eigenvalue weighted by atomic mass is 32.2. The van der Waals surface area contributed by atoms with E-state index in [0.717, 1.165) is 6.07 Å². The van der Waals surface area contributed by atoms with Gasteiger partial charge in [-0.25, -0.2) is 8.42 Å². The number of para-hydroxylation sites is 3. The van der Waals surface area contributed by atoms with Crippen molar-refractivity contribution in [2.45, 2.75) is 11.0 Å². The molecule has 10 heteroatoms. The molecule has 0 aliphatic carbocycles. The first kappa shape index (κ1) is 20.5. The lowest BCUT2D eigenvalue weighted by molar-refractivity contribution is -0.384. The molecule has 31 heavy (non-hydrogen) atoms. The average Bonchev–Trinajstić information content (AvgIpc) is 2.77. The van der Waals surface area contributed by atoms with Crippen LogP contribution in [0, 0.1) is 10.1 Å². The van der Waals surface area contributed by atoms with Crippen LogP contribution in [0.2, 0.25) is 0 Å². The van der Waals surface area contributed by atoms with E-state index in [1.165, 1.54) is 12.1 Å². The second-order valence-electron chi connectivity index (χ2n) is 6.79. The van der Waals surface area contributed by atoms with Crippen LogP contribution in [0.5, 0.6) is 11.5 Å². The monoisotopic (exact) mass is 441 g/mol. The highest BCUT2D eigenvalue weighted by Crippen LogP contribution is 2.32. The summed E-state index contributed by atoms with van der Waals surface area (Å²) in [6.07, 6.45) is -0.363. The smallest absolute Gasteiger partial charge is 0.293 e. The van der Waals surface area contributed by atoms with Gasteiger partial charge in [0.15, 0.2) is 11.5 Å². The summed E-state index contributed by atoms with van der Waals surface area (Å²) < 4.78 is 39.1. The molecule has 9 nitrogen and oxygen atoms in total. The molecule has 1 heterocycles. The van der Waals surface area contributed by atoms with Crippen molar-refractivity contribution in [1.82, 2.24) is 0 Å². The number of fused-ring (bicyclic) bond motifs is 1. The van der Waals surface area contributed by atoms with Crippen LogP contribution in [-0.4, -0.2) is 32.6 Å². The standard InChI is InChI=1S/C21H19N3O6S/c25-24(26)19-12-17(31(27,28)23-15-6-2-1-3-7-15)10-11-18(19)22-13-16-14-29-20-8-4-5-9-21(20)30-16/h1-12,16,22-23H,13-14H2/t16-/m1/s1. The van der Waals surface area contributed by atoms with Gasteiger partial charge in [-0.3, -0.25) is 14.8 Å². The van der Waals surface area contributed by atoms with Gasteiger partial charge in [-0.2, -0.15) is 0 Å². The van der Waals surface area contributed by atoms with Gasteiger partial charge in [0, 0.05) is 11.8 Å². The zero-order chi connectivity index (χ0) is 21.8. The first-order valence-corrected chi connectivity index (χ1v) is 10.9. The van der Waals surface area contributed by atoms with E-state index in [0.29, 0.717) is 17.2 Å². The minimum Gasteiger partial charge on any atom is -0.486 e. The van der Waals surface area contributed by atoms with E-state index in [9.17, 15) is 18.5 Å². The highest BCUT2D eigenvalue weighted by Gasteiger charge is 2.24. The molecule has 0 amide bonds. The van der Waals surface area contributed by atoms with Gasteiger partial charge >= 0.3 is 0 Å². The van der Waals surface area contributed by atoms with Gasteiger partial charge in [-0.15, -0.1) is 0 Å². The quantitative estimate of drug-likeness (QED) is 0.424. The fourth-order valence-electron chi connectivity index (χ4n) is 3.09. The molecular formula is C21H19N3O6S. The van der Waals surface area contributed by atoms with Crippen LogP contribution in [0.25, 0.3) is 0 Å². The minimum atomic E-state index is -3.98. The topological polar surface area (TPSA) is 120 Å². The first-order chi connectivity index (χ1) is 14.9. The van der Waals surface area contributed by atoms with Crippen LogP contribution in [0.15, 0.2) is 77.7 Å². The van der Waals surface area contributed by atoms with Crippen molar-refractivity contribution in [3.63, 3.8) is 0 Å². The van der Waals surface area contributed by atoms with Crippen LogP contribution < -0.4 is 19.5 Å². The van der Waals surface area contributed by atoms with Gasteiger partial charge in [0.1, 0.15) is 18.4 Å². The predicted octanol–water partition coefficient (Wildman–Crippen LogP) is 3.65. The SMILES string of the molecule is O=[N+]([O-])c1cc(S(=O)(=O)Nc2ccccc2)ccc1NC[C@@H]1COc2ccccc2O1. The fraction of sp³-hybridized carbons (Fsp3) is 0.143. The fourth-order valence-corrected chi connectivity index (χ4v) is 4.17. The second-order valence-corrected chi connectivity index (χ2v) is 8.47. The number of hydrogen-bond acceptors (Lipinski definition) is 7. The van der Waals surface area contributed by atoms with Crippen LogP contribution in [0.4, 0.5) is 17.1 Å². The number of rotatable bonds is 7. The van der Waals surface area contributed by atoms with Crippen molar-refractivity contribution in [2.24, 2.45) is 0 Å². The van der Waals surface area contributed by atoms with Gasteiger partial charge in [-0.1, -0.05) is 30.3 Å². The molecule has 160 valence electrons. The van der Waals surface area contributed by atoms with E-state index < -0.39 is 14.9 Å². The summed E-state index contributed by atoms with van der Waals surface area (Å²) in [6.45, 7) is 0.523. The third kappa shape index (κ3) is 4.69. The van der Waals surface area contributed by atoms with Crippen molar-refractivity contribution in [1.29, 1.82) is 0 Å². The van der Waals surface area contributed by atoms with Crippen molar-refractivity contribution in [2.75, 3.05) is 23.2 Å². The number of sulfonamides is 1. The number of nitrogens with zero attached hydrogens (tertiary/aromatic N) is 1. The maximum atomic E-state index is 12.6. The highest BCUT2D eigenvalue weighted by molar-refractivity contribution is 7.92. The molecule has 3 aromatic carbocycles. The third-order valence-corrected chi connectivity index (χ3v) is 5.97. The summed E-state index contributed by atoms with van der Waals surface area (Å²) in [4.78, 5) is 10.7. The zero-order valence-corrected chi connectivity index (χ0v) is 17.0.